The molecule has 1 aromatic rings. The number of amides is 1. The van der Waals surface area contributed by atoms with Crippen LogP contribution in [-0.2, 0) is 11.3 Å². The molecule has 1 aromatic carbocycles. The van der Waals surface area contributed by atoms with Gasteiger partial charge in [-0.2, -0.15) is 0 Å². The summed E-state index contributed by atoms with van der Waals surface area (Å²) in [4.78, 5) is 13.6. The molecule has 1 saturated heterocycles. The Morgan fingerprint density at radius 2 is 2.38 bits per heavy atom. The molecule has 0 radical (unpaired) electrons. The SMILES string of the molecule is CC1C(=O)NCCN1Cc1cccc(N)c1. The van der Waals surface area contributed by atoms with E-state index in [2.05, 4.69) is 10.2 Å². The first-order valence-corrected chi connectivity index (χ1v) is 5.53. The minimum absolute atomic E-state index is 0.0600. The Balaban J connectivity index is 2.06. The molecule has 0 aromatic heterocycles. The number of nitrogens with two attached hydrogens (primary N) is 1. The molecule has 2 rings (SSSR count). The number of nitrogen functional groups attached to an aromatic ring is 1. The molecule has 1 fully saturated rings. The number of rotatable bonds is 2. The monoisotopic (exact) mass is 219 g/mol. The quantitative estimate of drug-likeness (QED) is 0.716. The van der Waals surface area contributed by atoms with Crippen LogP contribution in [0, 0.1) is 0 Å². The molecular formula is C12H17N3O. The first-order valence-electron chi connectivity index (χ1n) is 5.53. The molecule has 0 aliphatic carbocycles. The summed E-state index contributed by atoms with van der Waals surface area (Å²) in [6.07, 6.45) is 0. The molecule has 3 N–H and O–H groups in total. The number of piperazine rings is 1. The van der Waals surface area contributed by atoms with Gasteiger partial charge in [0.1, 0.15) is 0 Å². The largest absolute Gasteiger partial charge is 0.399 e. The molecule has 1 atom stereocenters. The molecule has 86 valence electrons. The number of nitrogens with zero attached hydrogens (tertiary/aromatic N) is 1. The maximum absolute atomic E-state index is 11.5. The van der Waals surface area contributed by atoms with E-state index in [9.17, 15) is 4.79 Å². The van der Waals surface area contributed by atoms with Crippen molar-refractivity contribution in [2.75, 3.05) is 18.8 Å². The Morgan fingerprint density at radius 3 is 3.12 bits per heavy atom. The van der Waals surface area contributed by atoms with Gasteiger partial charge in [-0.25, -0.2) is 0 Å². The molecule has 0 saturated carbocycles. The van der Waals surface area contributed by atoms with Crippen LogP contribution < -0.4 is 11.1 Å². The first-order chi connectivity index (χ1) is 7.66. The fourth-order valence-electron chi connectivity index (χ4n) is 1.97. The zero-order valence-electron chi connectivity index (χ0n) is 9.44. The zero-order chi connectivity index (χ0) is 11.5. The minimum Gasteiger partial charge on any atom is -0.399 e. The summed E-state index contributed by atoms with van der Waals surface area (Å²) < 4.78 is 0. The summed E-state index contributed by atoms with van der Waals surface area (Å²) in [5, 5.41) is 2.85. The van der Waals surface area contributed by atoms with Gasteiger partial charge >= 0.3 is 0 Å². The Morgan fingerprint density at radius 1 is 1.56 bits per heavy atom. The number of benzene rings is 1. The van der Waals surface area contributed by atoms with Gasteiger partial charge in [0.2, 0.25) is 5.91 Å². The van der Waals surface area contributed by atoms with Gasteiger partial charge in [-0.3, -0.25) is 9.69 Å². The summed E-state index contributed by atoms with van der Waals surface area (Å²) in [7, 11) is 0. The van der Waals surface area contributed by atoms with Gasteiger partial charge in [0.15, 0.2) is 0 Å². The molecule has 1 aliphatic heterocycles. The lowest BCUT2D eigenvalue weighted by Gasteiger charge is -2.32. The van der Waals surface area contributed by atoms with Gasteiger partial charge in [0, 0.05) is 25.3 Å². The van der Waals surface area contributed by atoms with Crippen molar-refractivity contribution < 1.29 is 4.79 Å². The predicted octanol–water partition coefficient (Wildman–Crippen LogP) is 0.589. The highest BCUT2D eigenvalue weighted by Crippen LogP contribution is 2.13. The van der Waals surface area contributed by atoms with E-state index in [-0.39, 0.29) is 11.9 Å². The molecule has 4 heteroatoms. The van der Waals surface area contributed by atoms with E-state index < -0.39 is 0 Å². The van der Waals surface area contributed by atoms with E-state index in [0.29, 0.717) is 0 Å². The van der Waals surface area contributed by atoms with Crippen LogP contribution in [0.2, 0.25) is 0 Å². The lowest BCUT2D eigenvalue weighted by Crippen LogP contribution is -2.53. The molecule has 1 aliphatic rings. The van der Waals surface area contributed by atoms with Gasteiger partial charge in [-0.15, -0.1) is 0 Å². The minimum atomic E-state index is -0.0600. The van der Waals surface area contributed by atoms with E-state index in [0.717, 1.165) is 30.9 Å². The fraction of sp³-hybridized carbons (Fsp3) is 0.417. The summed E-state index contributed by atoms with van der Waals surface area (Å²) in [5.74, 6) is 0.107. The summed E-state index contributed by atoms with van der Waals surface area (Å²) in [6, 6.07) is 7.75. The van der Waals surface area contributed by atoms with Crippen molar-refractivity contribution in [1.29, 1.82) is 0 Å². The second kappa shape index (κ2) is 4.53. The van der Waals surface area contributed by atoms with Crippen LogP contribution in [0.15, 0.2) is 24.3 Å². The smallest absolute Gasteiger partial charge is 0.237 e. The summed E-state index contributed by atoms with van der Waals surface area (Å²) >= 11 is 0. The highest BCUT2D eigenvalue weighted by molar-refractivity contribution is 5.81. The average Bonchev–Trinajstić information content (AvgIpc) is 2.25. The Hall–Kier alpha value is -1.55. The topological polar surface area (TPSA) is 58.4 Å². The molecule has 0 spiro atoms. The van der Waals surface area contributed by atoms with Gasteiger partial charge in [0.05, 0.1) is 6.04 Å². The van der Waals surface area contributed by atoms with Crippen molar-refractivity contribution in [2.45, 2.75) is 19.5 Å². The summed E-state index contributed by atoms with van der Waals surface area (Å²) in [5.41, 5.74) is 7.65. The third kappa shape index (κ3) is 2.33. The number of nitrogens with one attached hydrogen (secondary N) is 1. The number of carbonyl (C=O) groups excluding carboxylic acids is 1. The molecule has 16 heavy (non-hydrogen) atoms. The van der Waals surface area contributed by atoms with E-state index in [1.165, 1.54) is 0 Å². The first kappa shape index (κ1) is 11.0. The number of hydrogen-bond acceptors (Lipinski definition) is 3. The normalized spacial score (nSPS) is 21.8. The van der Waals surface area contributed by atoms with Gasteiger partial charge < -0.3 is 11.1 Å². The van der Waals surface area contributed by atoms with Crippen molar-refractivity contribution in [3.63, 3.8) is 0 Å². The maximum Gasteiger partial charge on any atom is 0.237 e. The van der Waals surface area contributed by atoms with E-state index >= 15 is 0 Å². The van der Waals surface area contributed by atoms with E-state index in [4.69, 9.17) is 5.73 Å². The van der Waals surface area contributed by atoms with Crippen LogP contribution in [0.25, 0.3) is 0 Å². The van der Waals surface area contributed by atoms with E-state index in [1.807, 2.05) is 31.2 Å². The highest BCUT2D eigenvalue weighted by atomic mass is 16.2. The molecule has 1 unspecified atom stereocenters. The number of hydrogen-bond donors (Lipinski definition) is 2. The Kier molecular flexibility index (Phi) is 3.10. The average molecular weight is 219 g/mol. The number of anilines is 1. The van der Waals surface area contributed by atoms with Crippen LogP contribution in [-0.4, -0.2) is 29.9 Å². The van der Waals surface area contributed by atoms with Crippen molar-refractivity contribution in [3.8, 4) is 0 Å². The molecule has 0 bridgehead atoms. The van der Waals surface area contributed by atoms with Crippen LogP contribution >= 0.6 is 0 Å². The van der Waals surface area contributed by atoms with Crippen molar-refractivity contribution in [1.82, 2.24) is 10.2 Å². The number of carbonyl (C=O) groups is 1. The Bertz CT molecular complexity index is 392. The molecule has 1 heterocycles. The van der Waals surface area contributed by atoms with Crippen molar-refractivity contribution in [3.05, 3.63) is 29.8 Å². The van der Waals surface area contributed by atoms with Crippen LogP contribution in [0.4, 0.5) is 5.69 Å². The standard InChI is InChI=1S/C12H17N3O/c1-9-12(16)14-5-6-15(9)8-10-3-2-4-11(13)7-10/h2-4,7,9H,5-6,8,13H2,1H3,(H,14,16). The zero-order valence-corrected chi connectivity index (χ0v) is 9.44. The third-order valence-electron chi connectivity index (χ3n) is 2.96. The fourth-order valence-corrected chi connectivity index (χ4v) is 1.97. The third-order valence-corrected chi connectivity index (χ3v) is 2.96. The second-order valence-electron chi connectivity index (χ2n) is 4.18. The Labute approximate surface area is 95.4 Å². The van der Waals surface area contributed by atoms with Crippen molar-refractivity contribution >= 4 is 11.6 Å². The van der Waals surface area contributed by atoms with Crippen molar-refractivity contribution in [2.24, 2.45) is 0 Å². The van der Waals surface area contributed by atoms with Gasteiger partial charge in [0.25, 0.3) is 0 Å². The van der Waals surface area contributed by atoms with E-state index in [1.54, 1.807) is 0 Å². The highest BCUT2D eigenvalue weighted by Gasteiger charge is 2.24. The molecule has 4 nitrogen and oxygen atoms in total. The lowest BCUT2D eigenvalue weighted by atomic mass is 10.1. The predicted molar refractivity (Wildman–Crippen MR) is 63.7 cm³/mol. The van der Waals surface area contributed by atoms with Gasteiger partial charge in [-0.05, 0) is 24.6 Å². The molecule has 1 amide bonds. The maximum atomic E-state index is 11.5. The van der Waals surface area contributed by atoms with Crippen LogP contribution in [0.3, 0.4) is 0 Å². The molecular weight excluding hydrogens is 202 g/mol. The second-order valence-corrected chi connectivity index (χ2v) is 4.18. The van der Waals surface area contributed by atoms with Crippen LogP contribution in [0.1, 0.15) is 12.5 Å². The van der Waals surface area contributed by atoms with Gasteiger partial charge in [-0.1, -0.05) is 12.1 Å². The van der Waals surface area contributed by atoms with Crippen LogP contribution in [0.5, 0.6) is 0 Å². The summed E-state index contributed by atoms with van der Waals surface area (Å²) in [6.45, 7) is 4.33. The lowest BCUT2D eigenvalue weighted by molar-refractivity contribution is -0.128.